The minimum Gasteiger partial charge on any atom is -0.497 e. The van der Waals surface area contributed by atoms with Crippen molar-refractivity contribution >= 4 is 27.7 Å². The number of pyridine rings is 1. The third kappa shape index (κ3) is 3.30. The van der Waals surface area contributed by atoms with Crippen LogP contribution < -0.4 is 10.5 Å². The molecule has 3 aromatic carbocycles. The molecule has 5 rings (SSSR count). The van der Waals surface area contributed by atoms with Gasteiger partial charge < -0.3 is 15.0 Å². The normalized spacial score (nSPS) is 11.1. The lowest BCUT2D eigenvalue weighted by molar-refractivity contribution is 0.100. The molecule has 31 heavy (non-hydrogen) atoms. The Kier molecular flexibility index (Phi) is 4.64. The summed E-state index contributed by atoms with van der Waals surface area (Å²) in [6, 6.07) is 24.0. The van der Waals surface area contributed by atoms with Crippen molar-refractivity contribution in [3.8, 4) is 16.9 Å². The highest BCUT2D eigenvalue weighted by Gasteiger charge is 2.17. The Balaban J connectivity index is 1.77. The van der Waals surface area contributed by atoms with Crippen LogP contribution in [-0.4, -0.2) is 22.6 Å². The quantitative estimate of drug-likeness (QED) is 0.445. The highest BCUT2D eigenvalue weighted by Crippen LogP contribution is 2.35. The SMILES string of the molecule is COc1ccc(-c2ccc3c4c(C(N)=O)cccc4n(Cc4ccncc4)c3c2)cc1. The summed E-state index contributed by atoms with van der Waals surface area (Å²) in [6.45, 7) is 0.663. The van der Waals surface area contributed by atoms with Gasteiger partial charge in [-0.05, 0) is 59.2 Å². The molecular formula is C26H21N3O2. The predicted octanol–water partition coefficient (Wildman–Crippen LogP) is 5.01. The number of ether oxygens (including phenoxy) is 1. The van der Waals surface area contributed by atoms with Crippen molar-refractivity contribution in [2.75, 3.05) is 7.11 Å². The Bertz CT molecular complexity index is 1400. The zero-order valence-electron chi connectivity index (χ0n) is 17.1. The lowest BCUT2D eigenvalue weighted by atomic mass is 10.0. The lowest BCUT2D eigenvalue weighted by Crippen LogP contribution is -2.11. The van der Waals surface area contributed by atoms with Crippen LogP contribution in [0, 0.1) is 0 Å². The van der Waals surface area contributed by atoms with E-state index in [2.05, 4.69) is 27.8 Å². The van der Waals surface area contributed by atoms with Crippen LogP contribution in [0.2, 0.25) is 0 Å². The molecule has 2 aromatic heterocycles. The van der Waals surface area contributed by atoms with Gasteiger partial charge in [-0.15, -0.1) is 0 Å². The van der Waals surface area contributed by atoms with E-state index in [-0.39, 0.29) is 0 Å². The summed E-state index contributed by atoms with van der Waals surface area (Å²) in [7, 11) is 1.66. The molecule has 0 fully saturated rings. The molecule has 0 unspecified atom stereocenters. The Morgan fingerprint density at radius 2 is 1.68 bits per heavy atom. The summed E-state index contributed by atoms with van der Waals surface area (Å²) < 4.78 is 7.52. The number of nitrogens with two attached hydrogens (primary N) is 1. The van der Waals surface area contributed by atoms with Gasteiger partial charge in [0.05, 0.1) is 18.1 Å². The average molecular weight is 407 g/mol. The van der Waals surface area contributed by atoms with Crippen molar-refractivity contribution in [2.24, 2.45) is 5.73 Å². The fourth-order valence-electron chi connectivity index (χ4n) is 4.15. The van der Waals surface area contributed by atoms with Crippen LogP contribution in [-0.2, 0) is 6.54 Å². The van der Waals surface area contributed by atoms with E-state index in [4.69, 9.17) is 10.5 Å². The van der Waals surface area contributed by atoms with E-state index >= 15 is 0 Å². The van der Waals surface area contributed by atoms with E-state index in [1.54, 1.807) is 25.6 Å². The maximum atomic E-state index is 12.2. The Morgan fingerprint density at radius 3 is 2.39 bits per heavy atom. The minimum absolute atomic E-state index is 0.423. The molecule has 0 saturated heterocycles. The van der Waals surface area contributed by atoms with Crippen molar-refractivity contribution in [1.29, 1.82) is 0 Å². The first kappa shape index (κ1) is 18.9. The van der Waals surface area contributed by atoms with Gasteiger partial charge in [0.15, 0.2) is 0 Å². The van der Waals surface area contributed by atoms with Gasteiger partial charge in [0.25, 0.3) is 0 Å². The number of amides is 1. The van der Waals surface area contributed by atoms with Crippen molar-refractivity contribution in [3.05, 3.63) is 96.3 Å². The topological polar surface area (TPSA) is 70.1 Å². The zero-order chi connectivity index (χ0) is 21.4. The molecule has 0 aliphatic carbocycles. The number of primary amides is 1. The van der Waals surface area contributed by atoms with Crippen molar-refractivity contribution < 1.29 is 9.53 Å². The lowest BCUT2D eigenvalue weighted by Gasteiger charge is -2.09. The number of carbonyl (C=O) groups is 1. The molecule has 1 amide bonds. The van der Waals surface area contributed by atoms with Crippen LogP contribution in [0.1, 0.15) is 15.9 Å². The molecule has 2 heterocycles. The van der Waals surface area contributed by atoms with Gasteiger partial charge in [-0.1, -0.05) is 30.3 Å². The van der Waals surface area contributed by atoms with E-state index in [1.807, 2.05) is 48.5 Å². The molecule has 0 atom stereocenters. The van der Waals surface area contributed by atoms with Gasteiger partial charge in [-0.3, -0.25) is 9.78 Å². The number of rotatable bonds is 5. The molecule has 5 nitrogen and oxygen atoms in total. The fourth-order valence-corrected chi connectivity index (χ4v) is 4.15. The van der Waals surface area contributed by atoms with E-state index in [9.17, 15) is 4.79 Å². The molecule has 0 aliphatic rings. The standard InChI is InChI=1S/C26H21N3O2/c1-31-20-8-5-18(6-9-20)19-7-10-21-24(15-19)29(16-17-11-13-28-14-12-17)23-4-2-3-22(25(21)23)26(27)30/h2-15H,16H2,1H3,(H2,27,30). The Hall–Kier alpha value is -4.12. The van der Waals surface area contributed by atoms with Crippen LogP contribution in [0.25, 0.3) is 32.9 Å². The van der Waals surface area contributed by atoms with Gasteiger partial charge in [-0.25, -0.2) is 0 Å². The van der Waals surface area contributed by atoms with Crippen LogP contribution in [0.5, 0.6) is 5.75 Å². The summed E-state index contributed by atoms with van der Waals surface area (Å²) in [4.78, 5) is 16.3. The Morgan fingerprint density at radius 1 is 0.935 bits per heavy atom. The second-order valence-electron chi connectivity index (χ2n) is 7.47. The molecular weight excluding hydrogens is 386 g/mol. The summed E-state index contributed by atoms with van der Waals surface area (Å²) in [5.74, 6) is 0.399. The summed E-state index contributed by atoms with van der Waals surface area (Å²) in [5, 5.41) is 1.90. The van der Waals surface area contributed by atoms with E-state index in [0.717, 1.165) is 44.2 Å². The van der Waals surface area contributed by atoms with Gasteiger partial charge >= 0.3 is 0 Å². The third-order valence-electron chi connectivity index (χ3n) is 5.67. The van der Waals surface area contributed by atoms with Crippen molar-refractivity contribution in [2.45, 2.75) is 6.54 Å². The Labute approximate surface area is 179 Å². The maximum Gasteiger partial charge on any atom is 0.249 e. The number of nitrogens with zero attached hydrogens (tertiary/aromatic N) is 2. The maximum absolute atomic E-state index is 12.2. The molecule has 0 bridgehead atoms. The van der Waals surface area contributed by atoms with Gasteiger partial charge in [0.2, 0.25) is 5.91 Å². The molecule has 0 saturated carbocycles. The predicted molar refractivity (Wildman–Crippen MR) is 123 cm³/mol. The van der Waals surface area contributed by atoms with Gasteiger partial charge in [-0.2, -0.15) is 0 Å². The number of aromatic nitrogens is 2. The van der Waals surface area contributed by atoms with Crippen LogP contribution in [0.4, 0.5) is 0 Å². The number of fused-ring (bicyclic) bond motifs is 3. The highest BCUT2D eigenvalue weighted by atomic mass is 16.5. The van der Waals surface area contributed by atoms with E-state index < -0.39 is 5.91 Å². The average Bonchev–Trinajstić information content (AvgIpc) is 3.12. The molecule has 0 radical (unpaired) electrons. The van der Waals surface area contributed by atoms with Crippen LogP contribution in [0.3, 0.4) is 0 Å². The first-order valence-corrected chi connectivity index (χ1v) is 10.0. The fraction of sp³-hybridized carbons (Fsp3) is 0.0769. The zero-order valence-corrected chi connectivity index (χ0v) is 17.1. The molecule has 5 heteroatoms. The molecule has 152 valence electrons. The number of carbonyl (C=O) groups excluding carboxylic acids is 1. The highest BCUT2D eigenvalue weighted by molar-refractivity contribution is 6.18. The minimum atomic E-state index is -0.423. The van der Waals surface area contributed by atoms with Crippen molar-refractivity contribution in [1.82, 2.24) is 9.55 Å². The largest absolute Gasteiger partial charge is 0.497 e. The van der Waals surface area contributed by atoms with E-state index in [0.29, 0.717) is 12.1 Å². The molecule has 0 spiro atoms. The monoisotopic (exact) mass is 407 g/mol. The molecule has 2 N–H and O–H groups in total. The van der Waals surface area contributed by atoms with Gasteiger partial charge in [0, 0.05) is 35.3 Å². The van der Waals surface area contributed by atoms with Gasteiger partial charge in [0.1, 0.15) is 5.75 Å². The number of methoxy groups -OCH3 is 1. The third-order valence-corrected chi connectivity index (χ3v) is 5.67. The molecule has 0 aliphatic heterocycles. The number of hydrogen-bond donors (Lipinski definition) is 1. The first-order valence-electron chi connectivity index (χ1n) is 10.0. The molecule has 5 aromatic rings. The number of hydrogen-bond acceptors (Lipinski definition) is 3. The van der Waals surface area contributed by atoms with Crippen molar-refractivity contribution in [3.63, 3.8) is 0 Å². The van der Waals surface area contributed by atoms with Crippen LogP contribution in [0.15, 0.2) is 85.2 Å². The first-order chi connectivity index (χ1) is 15.2. The van der Waals surface area contributed by atoms with Crippen LogP contribution >= 0.6 is 0 Å². The smallest absolute Gasteiger partial charge is 0.249 e. The second-order valence-corrected chi connectivity index (χ2v) is 7.47. The second kappa shape index (κ2) is 7.61. The van der Waals surface area contributed by atoms with E-state index in [1.165, 1.54) is 0 Å². The summed E-state index contributed by atoms with van der Waals surface area (Å²) in [5.41, 5.74) is 11.6. The number of benzene rings is 3. The summed E-state index contributed by atoms with van der Waals surface area (Å²) in [6.07, 6.45) is 3.58. The summed E-state index contributed by atoms with van der Waals surface area (Å²) >= 11 is 0.